The van der Waals surface area contributed by atoms with Crippen LogP contribution in [0.2, 0.25) is 0 Å². The van der Waals surface area contributed by atoms with Crippen molar-refractivity contribution in [2.45, 2.75) is 6.54 Å². The molecular weight excluding hydrogens is 130 g/mol. The number of carbonyl (C=O) groups excluding carboxylic acids is 1. The number of nitrogens with one attached hydrogen (secondary N) is 3. The Kier molecular flexibility index (Phi) is 1.01. The van der Waals surface area contributed by atoms with Gasteiger partial charge in [0.05, 0.1) is 0 Å². The summed E-state index contributed by atoms with van der Waals surface area (Å²) in [6.07, 6.45) is 1.76. The lowest BCUT2D eigenvalue weighted by atomic mass is 10.2. The van der Waals surface area contributed by atoms with Crippen molar-refractivity contribution in [2.75, 3.05) is 0 Å². The number of fused-ring (bicyclic) bond motifs is 1. The predicted molar refractivity (Wildman–Crippen MR) is 35.1 cm³/mol. The second kappa shape index (κ2) is 1.85. The van der Waals surface area contributed by atoms with Gasteiger partial charge in [-0.2, -0.15) is 0 Å². The molecule has 2 rings (SSSR count). The van der Waals surface area contributed by atoms with Crippen LogP contribution in [0.15, 0.2) is 12.3 Å². The first kappa shape index (κ1) is 5.49. The molecule has 0 spiro atoms. The Morgan fingerprint density at radius 1 is 1.50 bits per heavy atom. The second-order valence-electron chi connectivity index (χ2n) is 2.19. The predicted octanol–water partition coefficient (Wildman–Crippen LogP) is -0.237. The number of hydrogen-bond donors (Lipinski definition) is 3. The molecule has 1 aliphatic heterocycles. The highest BCUT2D eigenvalue weighted by Crippen LogP contribution is 2.07. The fraction of sp³-hybridized carbons (Fsp3) is 0.167. The van der Waals surface area contributed by atoms with Crippen LogP contribution in [0.25, 0.3) is 0 Å². The van der Waals surface area contributed by atoms with E-state index in [1.807, 2.05) is 6.07 Å². The SMILES string of the molecule is O=C1NNCc2cc[nH]c21. The van der Waals surface area contributed by atoms with Gasteiger partial charge in [0.1, 0.15) is 5.69 Å². The summed E-state index contributed by atoms with van der Waals surface area (Å²) in [6.45, 7) is 0.699. The van der Waals surface area contributed by atoms with Crippen molar-refractivity contribution in [1.82, 2.24) is 15.8 Å². The van der Waals surface area contributed by atoms with Gasteiger partial charge in [0.2, 0.25) is 0 Å². The summed E-state index contributed by atoms with van der Waals surface area (Å²) >= 11 is 0. The highest BCUT2D eigenvalue weighted by atomic mass is 16.2. The van der Waals surface area contributed by atoms with Crippen LogP contribution in [-0.4, -0.2) is 10.9 Å². The first-order valence-electron chi connectivity index (χ1n) is 3.07. The standard InChI is InChI=1S/C6H7N3O/c10-6-5-4(1-2-7-5)3-8-9-6/h1-2,7-8H,3H2,(H,9,10). The summed E-state index contributed by atoms with van der Waals surface area (Å²) in [5.41, 5.74) is 6.94. The van der Waals surface area contributed by atoms with Crippen molar-refractivity contribution >= 4 is 5.91 Å². The van der Waals surface area contributed by atoms with Gasteiger partial charge in [0.25, 0.3) is 5.91 Å². The van der Waals surface area contributed by atoms with Crippen LogP contribution in [0.3, 0.4) is 0 Å². The Labute approximate surface area is 57.6 Å². The largest absolute Gasteiger partial charge is 0.357 e. The molecule has 1 aromatic heterocycles. The zero-order valence-electron chi connectivity index (χ0n) is 5.27. The monoisotopic (exact) mass is 137 g/mol. The number of rotatable bonds is 0. The lowest BCUT2D eigenvalue weighted by Gasteiger charge is -2.12. The molecule has 0 saturated heterocycles. The quantitative estimate of drug-likeness (QED) is 0.462. The average molecular weight is 137 g/mol. The molecule has 0 atom stereocenters. The summed E-state index contributed by atoms with van der Waals surface area (Å²) in [5.74, 6) is -0.0914. The molecule has 0 radical (unpaired) electrons. The summed E-state index contributed by atoms with van der Waals surface area (Å²) in [6, 6.07) is 1.89. The first-order chi connectivity index (χ1) is 4.88. The Bertz CT molecular complexity index is 266. The van der Waals surface area contributed by atoms with Gasteiger partial charge in [0.15, 0.2) is 0 Å². The minimum atomic E-state index is -0.0914. The van der Waals surface area contributed by atoms with Gasteiger partial charge < -0.3 is 4.98 Å². The highest BCUT2D eigenvalue weighted by molar-refractivity contribution is 5.94. The van der Waals surface area contributed by atoms with E-state index in [2.05, 4.69) is 15.8 Å². The third kappa shape index (κ3) is 0.625. The van der Waals surface area contributed by atoms with E-state index in [4.69, 9.17) is 0 Å². The lowest BCUT2D eigenvalue weighted by Crippen LogP contribution is -2.41. The molecule has 10 heavy (non-hydrogen) atoms. The zero-order chi connectivity index (χ0) is 6.97. The smallest absolute Gasteiger partial charge is 0.282 e. The molecule has 0 aliphatic carbocycles. The number of H-pyrrole nitrogens is 1. The minimum Gasteiger partial charge on any atom is -0.357 e. The number of aromatic nitrogens is 1. The summed E-state index contributed by atoms with van der Waals surface area (Å²) in [5, 5.41) is 0. The van der Waals surface area contributed by atoms with Gasteiger partial charge in [-0.25, -0.2) is 5.43 Å². The zero-order valence-corrected chi connectivity index (χ0v) is 5.27. The molecule has 0 saturated carbocycles. The van der Waals surface area contributed by atoms with Crippen LogP contribution in [0, 0.1) is 0 Å². The molecule has 52 valence electrons. The number of carbonyl (C=O) groups is 1. The molecule has 1 aliphatic rings. The Morgan fingerprint density at radius 3 is 3.20 bits per heavy atom. The first-order valence-corrected chi connectivity index (χ1v) is 3.07. The number of hydrogen-bond acceptors (Lipinski definition) is 2. The van der Waals surface area contributed by atoms with Crippen LogP contribution in [0.5, 0.6) is 0 Å². The van der Waals surface area contributed by atoms with Crippen molar-refractivity contribution in [3.63, 3.8) is 0 Å². The fourth-order valence-corrected chi connectivity index (χ4v) is 1.04. The van der Waals surface area contributed by atoms with Gasteiger partial charge in [-0.15, -0.1) is 0 Å². The molecule has 0 unspecified atom stereocenters. The topological polar surface area (TPSA) is 56.9 Å². The lowest BCUT2D eigenvalue weighted by molar-refractivity contribution is 0.0915. The van der Waals surface area contributed by atoms with Gasteiger partial charge in [-0.1, -0.05) is 0 Å². The number of aromatic amines is 1. The van der Waals surface area contributed by atoms with E-state index in [0.29, 0.717) is 12.2 Å². The maximum atomic E-state index is 10.9. The molecule has 1 amide bonds. The summed E-state index contributed by atoms with van der Waals surface area (Å²) < 4.78 is 0. The van der Waals surface area contributed by atoms with Crippen molar-refractivity contribution in [1.29, 1.82) is 0 Å². The van der Waals surface area contributed by atoms with Crippen molar-refractivity contribution in [3.05, 3.63) is 23.5 Å². The molecule has 3 N–H and O–H groups in total. The number of hydrazine groups is 1. The molecule has 4 nitrogen and oxygen atoms in total. The van der Waals surface area contributed by atoms with Crippen LogP contribution >= 0.6 is 0 Å². The minimum absolute atomic E-state index is 0.0914. The van der Waals surface area contributed by atoms with E-state index in [9.17, 15) is 4.79 Å². The van der Waals surface area contributed by atoms with Crippen molar-refractivity contribution in [2.24, 2.45) is 0 Å². The molecular formula is C6H7N3O. The third-order valence-electron chi connectivity index (χ3n) is 1.54. The maximum absolute atomic E-state index is 10.9. The van der Waals surface area contributed by atoms with Gasteiger partial charge in [-0.3, -0.25) is 10.2 Å². The van der Waals surface area contributed by atoms with E-state index in [1.54, 1.807) is 6.20 Å². The van der Waals surface area contributed by atoms with E-state index < -0.39 is 0 Å². The van der Waals surface area contributed by atoms with Gasteiger partial charge in [-0.05, 0) is 11.6 Å². The van der Waals surface area contributed by atoms with Crippen molar-refractivity contribution in [3.8, 4) is 0 Å². The second-order valence-corrected chi connectivity index (χ2v) is 2.19. The van der Waals surface area contributed by atoms with E-state index in [1.165, 1.54) is 0 Å². The maximum Gasteiger partial charge on any atom is 0.282 e. The van der Waals surface area contributed by atoms with E-state index in [0.717, 1.165) is 5.56 Å². The Balaban J connectivity index is 2.50. The van der Waals surface area contributed by atoms with E-state index >= 15 is 0 Å². The van der Waals surface area contributed by atoms with E-state index in [-0.39, 0.29) is 5.91 Å². The third-order valence-corrected chi connectivity index (χ3v) is 1.54. The molecule has 0 aromatic carbocycles. The summed E-state index contributed by atoms with van der Waals surface area (Å²) in [7, 11) is 0. The number of amides is 1. The van der Waals surface area contributed by atoms with Crippen LogP contribution in [0.4, 0.5) is 0 Å². The average Bonchev–Trinajstić information content (AvgIpc) is 2.36. The van der Waals surface area contributed by atoms with Gasteiger partial charge in [0, 0.05) is 12.7 Å². The highest BCUT2D eigenvalue weighted by Gasteiger charge is 2.15. The molecule has 0 bridgehead atoms. The van der Waals surface area contributed by atoms with Crippen LogP contribution < -0.4 is 10.9 Å². The fourth-order valence-electron chi connectivity index (χ4n) is 1.04. The molecule has 1 aromatic rings. The molecule has 2 heterocycles. The van der Waals surface area contributed by atoms with Crippen LogP contribution in [-0.2, 0) is 6.54 Å². The van der Waals surface area contributed by atoms with Crippen LogP contribution in [0.1, 0.15) is 16.1 Å². The summed E-state index contributed by atoms with van der Waals surface area (Å²) in [4.78, 5) is 13.8. The molecule has 4 heteroatoms. The Morgan fingerprint density at radius 2 is 2.40 bits per heavy atom. The van der Waals surface area contributed by atoms with Gasteiger partial charge >= 0.3 is 0 Å². The normalized spacial score (nSPS) is 16.2. The Hall–Kier alpha value is -1.29. The molecule has 0 fully saturated rings. The van der Waals surface area contributed by atoms with Crippen molar-refractivity contribution < 1.29 is 4.79 Å².